The molecule has 1 fully saturated rings. The predicted molar refractivity (Wildman–Crippen MR) is 135 cm³/mol. The van der Waals surface area contributed by atoms with Crippen LogP contribution in [0.2, 0.25) is 0 Å². The number of hydrogen-bond donors (Lipinski definition) is 1. The molecule has 1 heterocycles. The third-order valence-electron chi connectivity index (χ3n) is 5.81. The number of carbonyl (C=O) groups excluding carboxylic acids is 3. The van der Waals surface area contributed by atoms with Crippen molar-refractivity contribution in [1.29, 1.82) is 0 Å². The zero-order valence-electron chi connectivity index (χ0n) is 21.2. The molecule has 1 aromatic rings. The van der Waals surface area contributed by atoms with E-state index in [1.807, 2.05) is 57.4 Å². The van der Waals surface area contributed by atoms with Crippen LogP contribution in [0.15, 0.2) is 30.3 Å². The van der Waals surface area contributed by atoms with Crippen LogP contribution in [0, 0.1) is 11.8 Å². The first kappa shape index (κ1) is 28.0. The fourth-order valence-electron chi connectivity index (χ4n) is 4.08. The molecule has 2 rings (SSSR count). The SMILES string of the molecule is CCCC1CN(C(=O)OC(C)(C)C)CC[C@@H]1NC(=O)C(CCSC)C(=O)OCc1ccccc1. The summed E-state index contributed by atoms with van der Waals surface area (Å²) in [5.74, 6) is -0.828. The molecule has 190 valence electrons. The second kappa shape index (κ2) is 13.6. The Morgan fingerprint density at radius 3 is 2.53 bits per heavy atom. The van der Waals surface area contributed by atoms with E-state index in [-0.39, 0.29) is 30.6 Å². The van der Waals surface area contributed by atoms with Gasteiger partial charge < -0.3 is 19.7 Å². The minimum Gasteiger partial charge on any atom is -0.460 e. The van der Waals surface area contributed by atoms with Gasteiger partial charge in [-0.15, -0.1) is 0 Å². The van der Waals surface area contributed by atoms with E-state index >= 15 is 0 Å². The van der Waals surface area contributed by atoms with Crippen LogP contribution in [0.1, 0.15) is 58.9 Å². The average Bonchev–Trinajstić information content (AvgIpc) is 2.78. The molecule has 0 bridgehead atoms. The maximum absolute atomic E-state index is 13.2. The van der Waals surface area contributed by atoms with E-state index in [4.69, 9.17) is 9.47 Å². The molecule has 0 saturated carbocycles. The lowest BCUT2D eigenvalue weighted by molar-refractivity contribution is -0.154. The number of likely N-dealkylation sites (tertiary alicyclic amines) is 1. The maximum atomic E-state index is 13.2. The van der Waals surface area contributed by atoms with E-state index in [0.717, 1.165) is 18.4 Å². The molecule has 8 heteroatoms. The van der Waals surface area contributed by atoms with Gasteiger partial charge >= 0.3 is 12.1 Å². The zero-order valence-corrected chi connectivity index (χ0v) is 22.0. The molecule has 0 aliphatic carbocycles. The number of nitrogens with one attached hydrogen (secondary N) is 1. The summed E-state index contributed by atoms with van der Waals surface area (Å²) < 4.78 is 11.0. The molecule has 1 aliphatic heterocycles. The summed E-state index contributed by atoms with van der Waals surface area (Å²) >= 11 is 1.60. The van der Waals surface area contributed by atoms with Gasteiger partial charge in [0, 0.05) is 19.1 Å². The summed E-state index contributed by atoms with van der Waals surface area (Å²) in [4.78, 5) is 40.3. The second-order valence-electron chi connectivity index (χ2n) is 9.81. The van der Waals surface area contributed by atoms with Gasteiger partial charge in [0.15, 0.2) is 0 Å². The van der Waals surface area contributed by atoms with Crippen LogP contribution in [0.5, 0.6) is 0 Å². The number of benzene rings is 1. The van der Waals surface area contributed by atoms with Crippen molar-refractivity contribution in [3.05, 3.63) is 35.9 Å². The van der Waals surface area contributed by atoms with E-state index in [1.54, 1.807) is 16.7 Å². The van der Waals surface area contributed by atoms with Crippen LogP contribution in [0.25, 0.3) is 0 Å². The van der Waals surface area contributed by atoms with E-state index in [0.29, 0.717) is 31.7 Å². The third kappa shape index (κ3) is 9.20. The summed E-state index contributed by atoms with van der Waals surface area (Å²) in [6.07, 6.45) is 4.50. The van der Waals surface area contributed by atoms with Crippen molar-refractivity contribution >= 4 is 29.7 Å². The van der Waals surface area contributed by atoms with Gasteiger partial charge in [-0.2, -0.15) is 11.8 Å². The van der Waals surface area contributed by atoms with E-state index in [1.165, 1.54) is 0 Å². The highest BCUT2D eigenvalue weighted by molar-refractivity contribution is 7.98. The summed E-state index contributed by atoms with van der Waals surface area (Å²) in [7, 11) is 0. The minimum absolute atomic E-state index is 0.0927. The van der Waals surface area contributed by atoms with E-state index < -0.39 is 17.5 Å². The molecular formula is C26H40N2O5S. The Hall–Kier alpha value is -2.22. The van der Waals surface area contributed by atoms with Gasteiger partial charge in [-0.1, -0.05) is 43.7 Å². The average molecular weight is 493 g/mol. The lowest BCUT2D eigenvalue weighted by Crippen LogP contribution is -2.54. The van der Waals surface area contributed by atoms with Gasteiger partial charge in [0.05, 0.1) is 0 Å². The van der Waals surface area contributed by atoms with Crippen LogP contribution < -0.4 is 5.32 Å². The Bertz CT molecular complexity index is 796. The largest absolute Gasteiger partial charge is 0.460 e. The first-order valence-electron chi connectivity index (χ1n) is 12.1. The molecule has 1 aliphatic rings. The normalized spacial score (nSPS) is 19.3. The quantitative estimate of drug-likeness (QED) is 0.378. The van der Waals surface area contributed by atoms with Crippen LogP contribution in [0.4, 0.5) is 4.79 Å². The predicted octanol–water partition coefficient (Wildman–Crippen LogP) is 4.64. The summed E-state index contributed by atoms with van der Waals surface area (Å²) in [6, 6.07) is 9.36. The van der Waals surface area contributed by atoms with Crippen molar-refractivity contribution in [2.24, 2.45) is 11.8 Å². The van der Waals surface area contributed by atoms with Crippen molar-refractivity contribution in [2.45, 2.75) is 71.6 Å². The Morgan fingerprint density at radius 2 is 1.91 bits per heavy atom. The lowest BCUT2D eigenvalue weighted by Gasteiger charge is -2.39. The molecule has 2 unspecified atom stereocenters. The number of ether oxygens (including phenoxy) is 2. The summed E-state index contributed by atoms with van der Waals surface area (Å²) in [5.41, 5.74) is 0.338. The highest BCUT2D eigenvalue weighted by atomic mass is 32.2. The van der Waals surface area contributed by atoms with Crippen molar-refractivity contribution in [3.63, 3.8) is 0 Å². The second-order valence-corrected chi connectivity index (χ2v) is 10.8. The highest BCUT2D eigenvalue weighted by Gasteiger charge is 2.36. The molecule has 7 nitrogen and oxygen atoms in total. The molecule has 2 amide bonds. The molecule has 3 atom stereocenters. The van der Waals surface area contributed by atoms with Crippen molar-refractivity contribution in [3.8, 4) is 0 Å². The molecule has 0 aromatic heterocycles. The number of hydrogen-bond acceptors (Lipinski definition) is 6. The number of amides is 2. The topological polar surface area (TPSA) is 84.9 Å². The van der Waals surface area contributed by atoms with Gasteiger partial charge in [-0.05, 0) is 63.5 Å². The van der Waals surface area contributed by atoms with Gasteiger partial charge in [0.25, 0.3) is 0 Å². The number of thioether (sulfide) groups is 1. The first-order chi connectivity index (χ1) is 16.1. The van der Waals surface area contributed by atoms with Crippen LogP contribution in [-0.2, 0) is 25.7 Å². The molecule has 1 saturated heterocycles. The number of nitrogens with zero attached hydrogens (tertiary/aromatic N) is 1. The van der Waals surface area contributed by atoms with Crippen LogP contribution in [-0.4, -0.2) is 59.6 Å². The van der Waals surface area contributed by atoms with E-state index in [9.17, 15) is 14.4 Å². The lowest BCUT2D eigenvalue weighted by atomic mass is 9.88. The highest BCUT2D eigenvalue weighted by Crippen LogP contribution is 2.24. The monoisotopic (exact) mass is 492 g/mol. The minimum atomic E-state index is -0.845. The van der Waals surface area contributed by atoms with Gasteiger partial charge in [-0.25, -0.2) is 4.79 Å². The van der Waals surface area contributed by atoms with Crippen molar-refractivity contribution in [1.82, 2.24) is 10.2 Å². The Morgan fingerprint density at radius 1 is 1.21 bits per heavy atom. The van der Waals surface area contributed by atoms with Crippen molar-refractivity contribution in [2.75, 3.05) is 25.1 Å². The van der Waals surface area contributed by atoms with Gasteiger partial charge in [-0.3, -0.25) is 9.59 Å². The Labute approximate surface area is 208 Å². The van der Waals surface area contributed by atoms with Crippen LogP contribution >= 0.6 is 11.8 Å². The van der Waals surface area contributed by atoms with Gasteiger partial charge in [0.1, 0.15) is 18.1 Å². The molecular weight excluding hydrogens is 452 g/mol. The number of carbonyl (C=O) groups is 3. The smallest absolute Gasteiger partial charge is 0.410 e. The number of esters is 1. The third-order valence-corrected chi connectivity index (χ3v) is 6.45. The fourth-order valence-corrected chi connectivity index (χ4v) is 4.55. The number of rotatable bonds is 10. The first-order valence-corrected chi connectivity index (χ1v) is 13.5. The number of piperidine rings is 1. The standard InChI is InChI=1S/C26H40N2O5S/c1-6-10-20-17-28(25(31)33-26(2,3)4)15-13-22(20)27-23(29)21(14-16-34-5)24(30)32-18-19-11-8-7-9-12-19/h7-9,11-12,20-22H,6,10,13-18H2,1-5H3,(H,27,29)/t20?,21?,22-/m0/s1. The van der Waals surface area contributed by atoms with Crippen molar-refractivity contribution < 1.29 is 23.9 Å². The Balaban J connectivity index is 2.01. The summed E-state index contributed by atoms with van der Waals surface area (Å²) in [6.45, 7) is 8.84. The zero-order chi connectivity index (χ0) is 25.1. The maximum Gasteiger partial charge on any atom is 0.410 e. The molecule has 34 heavy (non-hydrogen) atoms. The molecule has 0 radical (unpaired) electrons. The fraction of sp³-hybridized carbons (Fsp3) is 0.654. The summed E-state index contributed by atoms with van der Waals surface area (Å²) in [5, 5.41) is 3.12. The van der Waals surface area contributed by atoms with Crippen LogP contribution in [0.3, 0.4) is 0 Å². The van der Waals surface area contributed by atoms with E-state index in [2.05, 4.69) is 12.2 Å². The molecule has 0 spiro atoms. The Kier molecular flexibility index (Phi) is 11.2. The molecule has 1 aromatic carbocycles. The molecule has 1 N–H and O–H groups in total. The van der Waals surface area contributed by atoms with Gasteiger partial charge in [0.2, 0.25) is 5.91 Å².